The molecule has 0 aliphatic heterocycles. The number of ether oxygens (including phenoxy) is 1. The fourth-order valence-electron chi connectivity index (χ4n) is 1.96. The summed E-state index contributed by atoms with van der Waals surface area (Å²) in [6, 6.07) is 0. The summed E-state index contributed by atoms with van der Waals surface area (Å²) >= 11 is 0. The van der Waals surface area contributed by atoms with Gasteiger partial charge in [0.1, 0.15) is 0 Å². The summed E-state index contributed by atoms with van der Waals surface area (Å²) in [5, 5.41) is 0. The summed E-state index contributed by atoms with van der Waals surface area (Å²) in [4.78, 5) is 8.73. The van der Waals surface area contributed by atoms with Crippen LogP contribution in [-0.2, 0) is 4.74 Å². The summed E-state index contributed by atoms with van der Waals surface area (Å²) in [6.45, 7) is 2.90. The molecule has 94 valence electrons. The molecule has 0 aromatic carbocycles. The third kappa shape index (κ3) is 3.11. The number of aliphatic imine (C=N–C) groups is 1. The molecule has 1 fully saturated rings. The lowest BCUT2D eigenvalue weighted by atomic mass is 10.0. The van der Waals surface area contributed by atoms with Crippen molar-refractivity contribution >= 4 is 5.96 Å². The molecule has 4 nitrogen and oxygen atoms in total. The van der Waals surface area contributed by atoms with Crippen LogP contribution in [0, 0.1) is 5.92 Å². The number of hydrogen-bond acceptors (Lipinski definition) is 2. The number of guanidine groups is 1. The number of hydrogen-bond donors (Lipinski definition) is 0. The van der Waals surface area contributed by atoms with Gasteiger partial charge >= 0.3 is 0 Å². The molecule has 0 N–H and O–H groups in total. The second-order valence-corrected chi connectivity index (χ2v) is 5.20. The van der Waals surface area contributed by atoms with Gasteiger partial charge in [-0.2, -0.15) is 0 Å². The molecule has 1 unspecified atom stereocenters. The smallest absolute Gasteiger partial charge is 0.195 e. The van der Waals surface area contributed by atoms with Crippen molar-refractivity contribution in [2.24, 2.45) is 10.9 Å². The Labute approximate surface area is 99.3 Å². The molecular formula is C12H25N3O. The van der Waals surface area contributed by atoms with Crippen LogP contribution in [0.5, 0.6) is 0 Å². The molecule has 0 spiro atoms. The standard InChI is InChI=1S/C12H25N3O/c1-12(16-6,10-7-8-10)9-13-11(14(2)3)15(4)5/h10H,7-9H2,1-6H3. The van der Waals surface area contributed by atoms with Crippen LogP contribution < -0.4 is 0 Å². The van der Waals surface area contributed by atoms with E-state index in [1.54, 1.807) is 7.11 Å². The Morgan fingerprint density at radius 3 is 2.06 bits per heavy atom. The second-order valence-electron chi connectivity index (χ2n) is 5.20. The highest BCUT2D eigenvalue weighted by atomic mass is 16.5. The molecule has 0 saturated heterocycles. The van der Waals surface area contributed by atoms with E-state index in [-0.39, 0.29) is 5.60 Å². The molecule has 0 amide bonds. The summed E-state index contributed by atoms with van der Waals surface area (Å²) in [5.41, 5.74) is -0.0860. The first-order valence-electron chi connectivity index (χ1n) is 5.85. The van der Waals surface area contributed by atoms with Gasteiger partial charge in [0.15, 0.2) is 5.96 Å². The highest BCUT2D eigenvalue weighted by molar-refractivity contribution is 5.79. The van der Waals surface area contributed by atoms with Gasteiger partial charge in [-0.1, -0.05) is 0 Å². The van der Waals surface area contributed by atoms with Crippen molar-refractivity contribution < 1.29 is 4.74 Å². The number of rotatable bonds is 4. The van der Waals surface area contributed by atoms with E-state index in [4.69, 9.17) is 4.74 Å². The maximum Gasteiger partial charge on any atom is 0.195 e. The van der Waals surface area contributed by atoms with E-state index in [9.17, 15) is 0 Å². The summed E-state index contributed by atoms with van der Waals surface area (Å²) < 4.78 is 5.63. The summed E-state index contributed by atoms with van der Waals surface area (Å²) in [6.07, 6.45) is 2.55. The first kappa shape index (κ1) is 13.3. The van der Waals surface area contributed by atoms with Crippen molar-refractivity contribution in [3.8, 4) is 0 Å². The lowest BCUT2D eigenvalue weighted by molar-refractivity contribution is -0.00500. The zero-order chi connectivity index (χ0) is 12.3. The molecule has 0 bridgehead atoms. The van der Waals surface area contributed by atoms with Gasteiger partial charge in [0.25, 0.3) is 0 Å². The van der Waals surface area contributed by atoms with Gasteiger partial charge < -0.3 is 14.5 Å². The lowest BCUT2D eigenvalue weighted by Gasteiger charge is -2.29. The zero-order valence-corrected chi connectivity index (χ0v) is 11.4. The minimum Gasteiger partial charge on any atom is -0.376 e. The van der Waals surface area contributed by atoms with Gasteiger partial charge in [-0.3, -0.25) is 0 Å². The van der Waals surface area contributed by atoms with Gasteiger partial charge in [0.05, 0.1) is 12.1 Å². The predicted octanol–water partition coefficient (Wildman–Crippen LogP) is 1.28. The van der Waals surface area contributed by atoms with Gasteiger partial charge in [-0.05, 0) is 25.7 Å². The fourth-order valence-corrected chi connectivity index (χ4v) is 1.96. The molecule has 1 aliphatic carbocycles. The molecule has 1 atom stereocenters. The topological polar surface area (TPSA) is 28.1 Å². The Morgan fingerprint density at radius 1 is 1.25 bits per heavy atom. The molecule has 1 saturated carbocycles. The average molecular weight is 227 g/mol. The normalized spacial score (nSPS) is 18.9. The predicted molar refractivity (Wildman–Crippen MR) is 67.8 cm³/mol. The van der Waals surface area contributed by atoms with Gasteiger partial charge in [-0.15, -0.1) is 0 Å². The van der Waals surface area contributed by atoms with Crippen molar-refractivity contribution in [3.63, 3.8) is 0 Å². The molecule has 4 heteroatoms. The molecule has 1 aliphatic rings. The molecule has 0 aromatic rings. The van der Waals surface area contributed by atoms with E-state index < -0.39 is 0 Å². The first-order chi connectivity index (χ1) is 7.40. The van der Waals surface area contributed by atoms with Crippen LogP contribution in [0.2, 0.25) is 0 Å². The molecule has 0 heterocycles. The molecule has 16 heavy (non-hydrogen) atoms. The van der Waals surface area contributed by atoms with Crippen LogP contribution >= 0.6 is 0 Å². The average Bonchev–Trinajstić information content (AvgIpc) is 2.99. The van der Waals surface area contributed by atoms with Gasteiger partial charge in [-0.25, -0.2) is 4.99 Å². The molecular weight excluding hydrogens is 202 g/mol. The monoisotopic (exact) mass is 227 g/mol. The Hall–Kier alpha value is -0.770. The minimum atomic E-state index is -0.0860. The van der Waals surface area contributed by atoms with Crippen LogP contribution in [0.4, 0.5) is 0 Å². The highest BCUT2D eigenvalue weighted by Gasteiger charge is 2.41. The molecule has 0 radical (unpaired) electrons. The zero-order valence-electron chi connectivity index (χ0n) is 11.4. The van der Waals surface area contributed by atoms with Gasteiger partial charge in [0, 0.05) is 35.3 Å². The highest BCUT2D eigenvalue weighted by Crippen LogP contribution is 2.41. The van der Waals surface area contributed by atoms with Crippen LogP contribution in [0.25, 0.3) is 0 Å². The Balaban J connectivity index is 2.67. The van der Waals surface area contributed by atoms with E-state index in [0.717, 1.165) is 12.5 Å². The largest absolute Gasteiger partial charge is 0.376 e. The maximum atomic E-state index is 5.63. The quantitative estimate of drug-likeness (QED) is 0.535. The fraction of sp³-hybridized carbons (Fsp3) is 0.917. The summed E-state index contributed by atoms with van der Waals surface area (Å²) in [7, 11) is 9.85. The van der Waals surface area contributed by atoms with Crippen molar-refractivity contribution in [1.82, 2.24) is 9.80 Å². The first-order valence-corrected chi connectivity index (χ1v) is 5.85. The lowest BCUT2D eigenvalue weighted by Crippen LogP contribution is -2.39. The SMILES string of the molecule is COC(C)(CN=C(N(C)C)N(C)C)C1CC1. The second kappa shape index (κ2) is 5.04. The number of nitrogens with zero attached hydrogens (tertiary/aromatic N) is 3. The van der Waals surface area contributed by atoms with E-state index in [0.29, 0.717) is 5.92 Å². The van der Waals surface area contributed by atoms with Crippen LogP contribution in [-0.4, -0.2) is 63.2 Å². The molecule has 1 rings (SSSR count). The van der Waals surface area contributed by atoms with Gasteiger partial charge in [0.2, 0.25) is 0 Å². The third-order valence-corrected chi connectivity index (χ3v) is 3.24. The van der Waals surface area contributed by atoms with Crippen molar-refractivity contribution in [2.75, 3.05) is 41.8 Å². The van der Waals surface area contributed by atoms with E-state index in [2.05, 4.69) is 11.9 Å². The summed E-state index contributed by atoms with van der Waals surface area (Å²) in [5.74, 6) is 1.68. The molecule has 0 aromatic heterocycles. The third-order valence-electron chi connectivity index (χ3n) is 3.24. The Morgan fingerprint density at radius 2 is 1.75 bits per heavy atom. The Kier molecular flexibility index (Phi) is 4.19. The van der Waals surface area contributed by atoms with E-state index in [1.807, 2.05) is 38.0 Å². The Bertz CT molecular complexity index is 249. The van der Waals surface area contributed by atoms with Crippen LogP contribution in [0.3, 0.4) is 0 Å². The van der Waals surface area contributed by atoms with Crippen molar-refractivity contribution in [2.45, 2.75) is 25.4 Å². The van der Waals surface area contributed by atoms with E-state index >= 15 is 0 Å². The van der Waals surface area contributed by atoms with Crippen molar-refractivity contribution in [1.29, 1.82) is 0 Å². The number of methoxy groups -OCH3 is 1. The maximum absolute atomic E-state index is 5.63. The van der Waals surface area contributed by atoms with Crippen molar-refractivity contribution in [3.05, 3.63) is 0 Å². The van der Waals surface area contributed by atoms with Crippen LogP contribution in [0.15, 0.2) is 4.99 Å². The van der Waals surface area contributed by atoms with Crippen LogP contribution in [0.1, 0.15) is 19.8 Å². The van der Waals surface area contributed by atoms with E-state index in [1.165, 1.54) is 12.8 Å². The minimum absolute atomic E-state index is 0.0860.